The van der Waals surface area contributed by atoms with Gasteiger partial charge >= 0.3 is 5.97 Å². The Kier molecular flexibility index (Phi) is 2.96. The van der Waals surface area contributed by atoms with Crippen LogP contribution < -0.4 is 4.74 Å². The van der Waals surface area contributed by atoms with Gasteiger partial charge in [0, 0.05) is 5.92 Å². The van der Waals surface area contributed by atoms with Gasteiger partial charge in [0.15, 0.2) is 0 Å². The number of carbonyl (C=O) groups is 1. The number of methoxy groups -OCH3 is 2. The summed E-state index contributed by atoms with van der Waals surface area (Å²) in [6, 6.07) is 12.7. The topological polar surface area (TPSA) is 35.5 Å². The van der Waals surface area contributed by atoms with Crippen LogP contribution in [-0.4, -0.2) is 20.2 Å². The molecule has 0 amide bonds. The molecule has 2 atom stereocenters. The highest BCUT2D eigenvalue weighted by Gasteiger charge is 2.39. The molecular formula is C19H18O3. The van der Waals surface area contributed by atoms with Crippen molar-refractivity contribution in [1.82, 2.24) is 0 Å². The van der Waals surface area contributed by atoms with Crippen molar-refractivity contribution < 1.29 is 14.3 Å². The molecule has 2 aromatic carbocycles. The average Bonchev–Trinajstić information content (AvgIpc) is 2.87. The molecule has 0 saturated carbocycles. The van der Waals surface area contributed by atoms with Crippen molar-refractivity contribution in [1.29, 1.82) is 0 Å². The van der Waals surface area contributed by atoms with Crippen LogP contribution in [0, 0.1) is 0 Å². The van der Waals surface area contributed by atoms with E-state index < -0.39 is 0 Å². The van der Waals surface area contributed by atoms with Crippen LogP contribution in [0.5, 0.6) is 5.75 Å². The molecule has 0 spiro atoms. The molecule has 4 rings (SSSR count). The standard InChI is InChI=1S/C19H18O3/c1-21-17-8-7-14-15-9-11(12-5-3-4-6-13(12)15)10-16(14)18(17)19(20)22-2/h3-8,11,15H,9-10H2,1-2H3. The maximum absolute atomic E-state index is 12.3. The molecule has 112 valence electrons. The maximum Gasteiger partial charge on any atom is 0.341 e. The molecule has 0 aliphatic heterocycles. The van der Waals surface area contributed by atoms with Gasteiger partial charge in [0.1, 0.15) is 11.3 Å². The Morgan fingerprint density at radius 2 is 1.82 bits per heavy atom. The van der Waals surface area contributed by atoms with Crippen LogP contribution in [0.3, 0.4) is 0 Å². The number of hydrogen-bond acceptors (Lipinski definition) is 3. The second kappa shape index (κ2) is 4.87. The molecule has 2 unspecified atom stereocenters. The van der Waals surface area contributed by atoms with Gasteiger partial charge in [0.25, 0.3) is 0 Å². The highest BCUT2D eigenvalue weighted by molar-refractivity contribution is 5.95. The van der Waals surface area contributed by atoms with Crippen molar-refractivity contribution in [3.8, 4) is 5.75 Å². The second-order valence-electron chi connectivity index (χ2n) is 6.02. The molecule has 0 radical (unpaired) electrons. The number of hydrogen-bond donors (Lipinski definition) is 0. The van der Waals surface area contributed by atoms with Gasteiger partial charge in [0.05, 0.1) is 14.2 Å². The molecule has 2 bridgehead atoms. The number of carbonyl (C=O) groups excluding carboxylic acids is 1. The Balaban J connectivity index is 1.93. The molecule has 3 nitrogen and oxygen atoms in total. The normalized spacial score (nSPS) is 21.0. The van der Waals surface area contributed by atoms with Crippen LogP contribution in [0.15, 0.2) is 36.4 Å². The van der Waals surface area contributed by atoms with E-state index in [1.165, 1.54) is 23.8 Å². The van der Waals surface area contributed by atoms with Crippen LogP contribution in [0.25, 0.3) is 0 Å². The summed E-state index contributed by atoms with van der Waals surface area (Å²) in [7, 11) is 3.02. The lowest BCUT2D eigenvalue weighted by Crippen LogP contribution is -2.17. The first kappa shape index (κ1) is 13.4. The zero-order chi connectivity index (χ0) is 15.3. The fourth-order valence-corrected chi connectivity index (χ4v) is 4.16. The first-order valence-electron chi connectivity index (χ1n) is 7.61. The summed E-state index contributed by atoms with van der Waals surface area (Å²) in [4.78, 5) is 12.3. The lowest BCUT2D eigenvalue weighted by atomic mass is 9.79. The molecule has 2 aliphatic carbocycles. The Morgan fingerprint density at radius 1 is 1.05 bits per heavy atom. The number of ether oxygens (including phenoxy) is 2. The smallest absolute Gasteiger partial charge is 0.341 e. The molecule has 22 heavy (non-hydrogen) atoms. The fourth-order valence-electron chi connectivity index (χ4n) is 4.16. The minimum Gasteiger partial charge on any atom is -0.496 e. The molecular weight excluding hydrogens is 276 g/mol. The van der Waals surface area contributed by atoms with E-state index in [9.17, 15) is 4.79 Å². The van der Waals surface area contributed by atoms with Crippen molar-refractivity contribution >= 4 is 5.97 Å². The fraction of sp³-hybridized carbons (Fsp3) is 0.316. The highest BCUT2D eigenvalue weighted by Crippen LogP contribution is 2.53. The Hall–Kier alpha value is -2.29. The number of fused-ring (bicyclic) bond motifs is 7. The second-order valence-corrected chi connectivity index (χ2v) is 6.02. The molecule has 0 aromatic heterocycles. The summed E-state index contributed by atoms with van der Waals surface area (Å²) in [5.41, 5.74) is 5.79. The van der Waals surface area contributed by atoms with Crippen LogP contribution in [0.1, 0.15) is 50.9 Å². The predicted octanol–water partition coefficient (Wildman–Crippen LogP) is 3.66. The van der Waals surface area contributed by atoms with E-state index in [0.29, 0.717) is 23.1 Å². The van der Waals surface area contributed by atoms with Crippen LogP contribution in [0.2, 0.25) is 0 Å². The van der Waals surface area contributed by atoms with E-state index in [0.717, 1.165) is 18.4 Å². The van der Waals surface area contributed by atoms with Crippen molar-refractivity contribution in [3.05, 3.63) is 64.2 Å². The lowest BCUT2D eigenvalue weighted by Gasteiger charge is -2.26. The van der Waals surface area contributed by atoms with Gasteiger partial charge in [-0.1, -0.05) is 30.3 Å². The van der Waals surface area contributed by atoms with Gasteiger partial charge in [0.2, 0.25) is 0 Å². The summed E-state index contributed by atoms with van der Waals surface area (Å²) in [5, 5.41) is 0. The Labute approximate surface area is 129 Å². The van der Waals surface area contributed by atoms with Crippen molar-refractivity contribution in [3.63, 3.8) is 0 Å². The lowest BCUT2D eigenvalue weighted by molar-refractivity contribution is 0.0595. The third-order valence-corrected chi connectivity index (χ3v) is 5.08. The quantitative estimate of drug-likeness (QED) is 0.793. The van der Waals surface area contributed by atoms with E-state index in [1.807, 2.05) is 6.07 Å². The molecule has 3 heteroatoms. The van der Waals surface area contributed by atoms with Crippen LogP contribution in [0.4, 0.5) is 0 Å². The van der Waals surface area contributed by atoms with Gasteiger partial charge in [-0.15, -0.1) is 0 Å². The van der Waals surface area contributed by atoms with Gasteiger partial charge < -0.3 is 9.47 Å². The van der Waals surface area contributed by atoms with Gasteiger partial charge in [-0.3, -0.25) is 0 Å². The molecule has 0 fully saturated rings. The largest absolute Gasteiger partial charge is 0.496 e. The minimum atomic E-state index is -0.306. The van der Waals surface area contributed by atoms with E-state index >= 15 is 0 Å². The molecule has 0 heterocycles. The van der Waals surface area contributed by atoms with E-state index in [1.54, 1.807) is 7.11 Å². The first-order chi connectivity index (χ1) is 10.7. The third-order valence-electron chi connectivity index (χ3n) is 5.08. The van der Waals surface area contributed by atoms with E-state index in [2.05, 4.69) is 30.3 Å². The molecule has 0 saturated heterocycles. The van der Waals surface area contributed by atoms with Crippen LogP contribution >= 0.6 is 0 Å². The summed E-state index contributed by atoms with van der Waals surface area (Å²) in [6.45, 7) is 0. The SMILES string of the molecule is COC(=O)c1c(OC)ccc2c1CC1CC2c2ccccc21. The third kappa shape index (κ3) is 1.71. The number of rotatable bonds is 2. The molecule has 2 aliphatic rings. The van der Waals surface area contributed by atoms with E-state index in [4.69, 9.17) is 9.47 Å². The van der Waals surface area contributed by atoms with Crippen molar-refractivity contribution in [2.75, 3.05) is 14.2 Å². The Morgan fingerprint density at radius 3 is 2.55 bits per heavy atom. The highest BCUT2D eigenvalue weighted by atomic mass is 16.5. The number of esters is 1. The minimum absolute atomic E-state index is 0.306. The summed E-state index contributed by atoms with van der Waals surface area (Å²) in [5.74, 6) is 1.18. The van der Waals surface area contributed by atoms with E-state index in [-0.39, 0.29) is 5.97 Å². The predicted molar refractivity (Wildman–Crippen MR) is 83.7 cm³/mol. The average molecular weight is 294 g/mol. The van der Waals surface area contributed by atoms with Gasteiger partial charge in [-0.05, 0) is 47.1 Å². The van der Waals surface area contributed by atoms with Gasteiger partial charge in [-0.2, -0.15) is 0 Å². The summed E-state index contributed by atoms with van der Waals surface area (Å²) >= 11 is 0. The van der Waals surface area contributed by atoms with Gasteiger partial charge in [-0.25, -0.2) is 4.79 Å². The molecule has 0 N–H and O–H groups in total. The first-order valence-corrected chi connectivity index (χ1v) is 7.61. The van der Waals surface area contributed by atoms with Crippen molar-refractivity contribution in [2.24, 2.45) is 0 Å². The molecule has 2 aromatic rings. The van der Waals surface area contributed by atoms with Crippen LogP contribution in [-0.2, 0) is 11.2 Å². The zero-order valence-electron chi connectivity index (χ0n) is 12.8. The number of benzene rings is 2. The summed E-state index contributed by atoms with van der Waals surface area (Å²) < 4.78 is 10.4. The Bertz CT molecular complexity index is 763. The zero-order valence-corrected chi connectivity index (χ0v) is 12.8. The van der Waals surface area contributed by atoms with Crippen molar-refractivity contribution in [2.45, 2.75) is 24.7 Å². The maximum atomic E-state index is 12.3. The summed E-state index contributed by atoms with van der Waals surface area (Å²) in [6.07, 6.45) is 2.02. The monoisotopic (exact) mass is 294 g/mol.